The Hall–Kier alpha value is -5.25. The normalized spacial score (nSPS) is 20.2. The van der Waals surface area contributed by atoms with Gasteiger partial charge in [-0.3, -0.25) is 19.7 Å². The number of likely N-dealkylation sites (tertiary alicyclic amines) is 1. The molecule has 3 fully saturated rings. The number of phenolic OH excluding ortho intramolecular Hbond substituents is 1. The van der Waals surface area contributed by atoms with Crippen molar-refractivity contribution in [2.24, 2.45) is 5.92 Å². The zero-order chi connectivity index (χ0) is 34.7. The van der Waals surface area contributed by atoms with Gasteiger partial charge in [-0.25, -0.2) is 0 Å². The van der Waals surface area contributed by atoms with Crippen LogP contribution in [0.15, 0.2) is 91.1 Å². The molecule has 2 atom stereocenters. The number of aromatic hydroxyl groups is 1. The molecule has 0 aliphatic carbocycles. The lowest BCUT2D eigenvalue weighted by Gasteiger charge is -2.45. The van der Waals surface area contributed by atoms with E-state index in [0.717, 1.165) is 35.4 Å². The molecule has 3 amide bonds. The van der Waals surface area contributed by atoms with Gasteiger partial charge in [0.05, 0.1) is 35.0 Å². The molecule has 0 saturated carbocycles. The molecule has 0 bridgehead atoms. The minimum absolute atomic E-state index is 0.0308. The summed E-state index contributed by atoms with van der Waals surface area (Å²) in [6.07, 6.45) is 5.66. The monoisotopic (exact) mass is 673 g/mol. The molecule has 0 radical (unpaired) electrons. The predicted octanol–water partition coefficient (Wildman–Crippen LogP) is 5.61. The molecule has 7 rings (SSSR count). The van der Waals surface area contributed by atoms with Gasteiger partial charge in [0.25, 0.3) is 0 Å². The van der Waals surface area contributed by atoms with Crippen LogP contribution in [0.2, 0.25) is 0 Å². The molecule has 0 unspecified atom stereocenters. The summed E-state index contributed by atoms with van der Waals surface area (Å²) in [6, 6.07) is 26.9. The largest absolute Gasteiger partial charge is 0.507 e. The van der Waals surface area contributed by atoms with E-state index in [1.165, 1.54) is 0 Å². The summed E-state index contributed by atoms with van der Waals surface area (Å²) in [5.41, 5.74) is 3.51. The van der Waals surface area contributed by atoms with Gasteiger partial charge in [0.2, 0.25) is 17.7 Å². The number of piperidine rings is 3. The number of para-hydroxylation sites is 1. The van der Waals surface area contributed by atoms with Crippen LogP contribution in [-0.4, -0.2) is 70.2 Å². The second-order valence-electron chi connectivity index (χ2n) is 13.8. The number of rotatable bonds is 8. The lowest BCUT2D eigenvalue weighted by Crippen LogP contribution is -2.55. The van der Waals surface area contributed by atoms with Gasteiger partial charge >= 0.3 is 0 Å². The minimum Gasteiger partial charge on any atom is -0.507 e. The molecule has 10 heteroatoms. The molecule has 3 saturated heterocycles. The number of anilines is 1. The number of nitrogens with one attached hydrogen (secondary N) is 1. The van der Waals surface area contributed by atoms with E-state index in [-0.39, 0.29) is 35.5 Å². The van der Waals surface area contributed by atoms with Crippen molar-refractivity contribution in [2.45, 2.75) is 62.9 Å². The van der Waals surface area contributed by atoms with E-state index in [1.54, 1.807) is 18.3 Å². The molecule has 1 aromatic heterocycles. The van der Waals surface area contributed by atoms with E-state index in [1.807, 2.05) is 60.7 Å². The summed E-state index contributed by atoms with van der Waals surface area (Å²) in [5.74, 6) is 0.643. The van der Waals surface area contributed by atoms with Gasteiger partial charge in [0.15, 0.2) is 0 Å². The van der Waals surface area contributed by atoms with Gasteiger partial charge < -0.3 is 19.6 Å². The van der Waals surface area contributed by atoms with E-state index in [2.05, 4.69) is 44.4 Å². The van der Waals surface area contributed by atoms with Crippen molar-refractivity contribution < 1.29 is 24.2 Å². The quantitative estimate of drug-likeness (QED) is 0.231. The maximum absolute atomic E-state index is 14.5. The van der Waals surface area contributed by atoms with Crippen LogP contribution in [0.5, 0.6) is 11.5 Å². The van der Waals surface area contributed by atoms with Gasteiger partial charge in [0.1, 0.15) is 11.5 Å². The fourth-order valence-electron chi connectivity index (χ4n) is 7.86. The van der Waals surface area contributed by atoms with Crippen molar-refractivity contribution in [3.05, 3.63) is 102 Å². The van der Waals surface area contributed by atoms with Crippen LogP contribution < -0.4 is 15.0 Å². The summed E-state index contributed by atoms with van der Waals surface area (Å²) >= 11 is 0. The number of aromatic nitrogens is 2. The summed E-state index contributed by atoms with van der Waals surface area (Å²) in [6.45, 7) is 4.84. The van der Waals surface area contributed by atoms with Crippen LogP contribution in [0, 0.1) is 5.92 Å². The SMILES string of the molecule is C[C@H](Oc1ccc([C@H]2CCC(=O)NC2=O)cc1)C1CCN(C(=O)C2(c3ccccc3)CCN(c3cnnc(-c4ccccc4O)c3)CC2)CC1. The van der Waals surface area contributed by atoms with Gasteiger partial charge in [-0.05, 0) is 86.4 Å². The molecule has 3 aliphatic rings. The van der Waals surface area contributed by atoms with Crippen molar-refractivity contribution in [1.82, 2.24) is 20.4 Å². The molecule has 4 heterocycles. The van der Waals surface area contributed by atoms with Gasteiger partial charge in [0, 0.05) is 38.2 Å². The Morgan fingerprint density at radius 2 is 1.62 bits per heavy atom. The van der Waals surface area contributed by atoms with Crippen molar-refractivity contribution in [3.63, 3.8) is 0 Å². The average molecular weight is 674 g/mol. The number of benzene rings is 3. The maximum Gasteiger partial charge on any atom is 0.234 e. The summed E-state index contributed by atoms with van der Waals surface area (Å²) in [4.78, 5) is 42.7. The molecule has 50 heavy (non-hydrogen) atoms. The third-order valence-corrected chi connectivity index (χ3v) is 10.9. The first-order valence-electron chi connectivity index (χ1n) is 17.6. The van der Waals surface area contributed by atoms with E-state index in [4.69, 9.17) is 4.74 Å². The summed E-state index contributed by atoms with van der Waals surface area (Å²) in [7, 11) is 0. The van der Waals surface area contributed by atoms with E-state index >= 15 is 0 Å². The smallest absolute Gasteiger partial charge is 0.234 e. The van der Waals surface area contributed by atoms with Gasteiger partial charge in [-0.1, -0.05) is 54.6 Å². The first-order valence-corrected chi connectivity index (χ1v) is 17.6. The van der Waals surface area contributed by atoms with Crippen LogP contribution in [0.1, 0.15) is 62.5 Å². The van der Waals surface area contributed by atoms with Crippen LogP contribution in [-0.2, 0) is 19.8 Å². The highest BCUT2D eigenvalue weighted by molar-refractivity contribution is 6.01. The second kappa shape index (κ2) is 14.3. The Kier molecular flexibility index (Phi) is 9.52. The minimum atomic E-state index is -0.613. The molecule has 0 spiro atoms. The van der Waals surface area contributed by atoms with E-state index in [0.29, 0.717) is 69.0 Å². The van der Waals surface area contributed by atoms with Crippen LogP contribution in [0.4, 0.5) is 5.69 Å². The molecular weight excluding hydrogens is 630 g/mol. The van der Waals surface area contributed by atoms with Crippen molar-refractivity contribution in [1.29, 1.82) is 0 Å². The number of imide groups is 1. The number of amides is 3. The zero-order valence-electron chi connectivity index (χ0n) is 28.3. The fourth-order valence-corrected chi connectivity index (χ4v) is 7.86. The topological polar surface area (TPSA) is 125 Å². The third-order valence-electron chi connectivity index (χ3n) is 10.9. The van der Waals surface area contributed by atoms with Crippen molar-refractivity contribution in [3.8, 4) is 22.8 Å². The number of carbonyl (C=O) groups excluding carboxylic acids is 3. The summed E-state index contributed by atoms with van der Waals surface area (Å²) < 4.78 is 6.35. The number of hydrogen-bond acceptors (Lipinski definition) is 8. The molecule has 4 aromatic rings. The second-order valence-corrected chi connectivity index (χ2v) is 13.8. The van der Waals surface area contributed by atoms with E-state index < -0.39 is 5.41 Å². The lowest BCUT2D eigenvalue weighted by atomic mass is 9.71. The van der Waals surface area contributed by atoms with Crippen LogP contribution >= 0.6 is 0 Å². The number of hydrogen-bond donors (Lipinski definition) is 2. The van der Waals surface area contributed by atoms with E-state index in [9.17, 15) is 19.5 Å². The molecular formula is C40H43N5O5. The number of nitrogens with zero attached hydrogens (tertiary/aromatic N) is 4. The van der Waals surface area contributed by atoms with Gasteiger partial charge in [-0.15, -0.1) is 0 Å². The zero-order valence-corrected chi connectivity index (χ0v) is 28.3. The Morgan fingerprint density at radius 1 is 0.920 bits per heavy atom. The molecule has 258 valence electrons. The highest BCUT2D eigenvalue weighted by atomic mass is 16.5. The lowest BCUT2D eigenvalue weighted by molar-refractivity contribution is -0.140. The number of phenols is 1. The maximum atomic E-state index is 14.5. The Bertz CT molecular complexity index is 1830. The van der Waals surface area contributed by atoms with Crippen molar-refractivity contribution in [2.75, 3.05) is 31.1 Å². The fraction of sp³-hybridized carbons (Fsp3) is 0.375. The number of ether oxygens (including phenoxy) is 1. The molecule has 3 aliphatic heterocycles. The molecule has 3 aromatic carbocycles. The third kappa shape index (κ3) is 6.79. The highest BCUT2D eigenvalue weighted by Crippen LogP contribution is 2.40. The highest BCUT2D eigenvalue weighted by Gasteiger charge is 2.46. The molecule has 10 nitrogen and oxygen atoms in total. The van der Waals surface area contributed by atoms with Crippen LogP contribution in [0.25, 0.3) is 11.3 Å². The molecule has 2 N–H and O–H groups in total. The predicted molar refractivity (Wildman–Crippen MR) is 190 cm³/mol. The van der Waals surface area contributed by atoms with Crippen LogP contribution in [0.3, 0.4) is 0 Å². The first-order chi connectivity index (χ1) is 24.3. The Balaban J connectivity index is 0.986. The standard InChI is InChI=1S/C40H43N5O5/c1-27(50-32-13-11-29(12-14-32)33-15-16-37(47)42-38(33)48)28-17-21-45(22-18-28)39(49)40(30-7-3-2-4-8-30)19-23-44(24-20-40)31-25-35(43-41-26-31)34-9-5-6-10-36(34)46/h2-14,25-28,33,46H,15-24H2,1H3,(H,42,47,48)/t27-,33+/m0/s1. The number of carbonyl (C=O) groups is 3. The van der Waals surface area contributed by atoms with Gasteiger partial charge in [-0.2, -0.15) is 10.2 Å². The van der Waals surface area contributed by atoms with Crippen molar-refractivity contribution >= 4 is 23.4 Å². The Morgan fingerprint density at radius 3 is 2.32 bits per heavy atom. The summed E-state index contributed by atoms with van der Waals surface area (Å²) in [5, 5.41) is 21.3. The average Bonchev–Trinajstić information content (AvgIpc) is 3.16. The Labute approximate surface area is 292 Å². The first kappa shape index (κ1) is 33.3.